The summed E-state index contributed by atoms with van der Waals surface area (Å²) in [6.45, 7) is 3.38. The van der Waals surface area contributed by atoms with Crippen molar-refractivity contribution in [3.63, 3.8) is 0 Å². The number of nitrogens with one attached hydrogen (secondary N) is 3. The van der Waals surface area contributed by atoms with E-state index in [-0.39, 0.29) is 22.9 Å². The number of carbonyl (C=O) groups is 1. The molecular weight excluding hydrogens is 497 g/mol. The molecule has 2 aromatic heterocycles. The summed E-state index contributed by atoms with van der Waals surface area (Å²) in [5.41, 5.74) is -0.847. The molecular formula is C24H18F5N7O. The molecule has 0 aliphatic heterocycles. The third kappa shape index (κ3) is 5.89. The second-order valence-corrected chi connectivity index (χ2v) is 7.70. The van der Waals surface area contributed by atoms with Gasteiger partial charge in [0.05, 0.1) is 11.9 Å². The lowest BCUT2D eigenvalue weighted by atomic mass is 10.0. The Morgan fingerprint density at radius 1 is 1.03 bits per heavy atom. The largest absolute Gasteiger partial charge is 0.422 e. The van der Waals surface area contributed by atoms with Crippen LogP contribution in [0.25, 0.3) is 11.1 Å². The Balaban J connectivity index is 1.77. The molecule has 0 spiro atoms. The minimum Gasteiger partial charge on any atom is -0.339 e. The molecule has 1 amide bonds. The number of benzene rings is 2. The zero-order chi connectivity index (χ0) is 26.7. The highest BCUT2D eigenvalue weighted by Crippen LogP contribution is 2.37. The SMILES string of the molecule is C=CC(=O)Nc1cccc(Nc2nc(Nc3cnn(C)c3)ncc2-c2cc(F)c(C(F)(F)F)c(F)c2)c1. The predicted octanol–water partition coefficient (Wildman–Crippen LogP) is 5.79. The van der Waals surface area contributed by atoms with Crippen LogP contribution in [-0.4, -0.2) is 25.7 Å². The fourth-order valence-electron chi connectivity index (χ4n) is 3.37. The standard InChI is InChI=1S/C24H18F5N7O/c1-3-20(37)32-14-5-4-6-15(9-14)33-22-17(11-30-23(35-22)34-16-10-31-36(2)12-16)13-7-18(25)21(19(26)8-13)24(27,28)29/h3-12H,1H2,2H3,(H,32,37)(H2,30,33,34,35). The van der Waals surface area contributed by atoms with Gasteiger partial charge in [-0.05, 0) is 42.0 Å². The molecule has 8 nitrogen and oxygen atoms in total. The molecule has 2 heterocycles. The monoisotopic (exact) mass is 515 g/mol. The Hall–Kier alpha value is -4.81. The quantitative estimate of drug-likeness (QED) is 0.213. The summed E-state index contributed by atoms with van der Waals surface area (Å²) in [6.07, 6.45) is 0.247. The van der Waals surface area contributed by atoms with Crippen LogP contribution in [0.2, 0.25) is 0 Å². The summed E-state index contributed by atoms with van der Waals surface area (Å²) in [7, 11) is 1.70. The maximum atomic E-state index is 14.3. The summed E-state index contributed by atoms with van der Waals surface area (Å²) >= 11 is 0. The highest BCUT2D eigenvalue weighted by atomic mass is 19.4. The average molecular weight is 515 g/mol. The summed E-state index contributed by atoms with van der Waals surface area (Å²) in [4.78, 5) is 20.1. The van der Waals surface area contributed by atoms with Gasteiger partial charge in [-0.2, -0.15) is 23.3 Å². The van der Waals surface area contributed by atoms with Gasteiger partial charge >= 0.3 is 6.18 Å². The number of alkyl halides is 3. The highest BCUT2D eigenvalue weighted by molar-refractivity contribution is 5.99. The number of carbonyl (C=O) groups excluding carboxylic acids is 1. The molecule has 3 N–H and O–H groups in total. The van der Waals surface area contributed by atoms with E-state index in [9.17, 15) is 26.7 Å². The molecule has 2 aromatic carbocycles. The van der Waals surface area contributed by atoms with E-state index in [2.05, 4.69) is 37.6 Å². The Bertz CT molecular complexity index is 1460. The summed E-state index contributed by atoms with van der Waals surface area (Å²) in [6, 6.07) is 7.53. The molecule has 190 valence electrons. The van der Waals surface area contributed by atoms with Crippen LogP contribution < -0.4 is 16.0 Å². The number of aromatic nitrogens is 4. The number of rotatable bonds is 7. The maximum Gasteiger partial charge on any atom is 0.422 e. The van der Waals surface area contributed by atoms with Crippen LogP contribution in [0.4, 0.5) is 50.8 Å². The molecule has 4 rings (SSSR count). The number of hydrogen-bond donors (Lipinski definition) is 3. The Labute approximate surface area is 206 Å². The van der Waals surface area contributed by atoms with Crippen molar-refractivity contribution in [2.75, 3.05) is 16.0 Å². The van der Waals surface area contributed by atoms with Crippen LogP contribution in [0.3, 0.4) is 0 Å². The number of hydrogen-bond acceptors (Lipinski definition) is 6. The number of amides is 1. The van der Waals surface area contributed by atoms with E-state index in [0.717, 1.165) is 6.08 Å². The van der Waals surface area contributed by atoms with Gasteiger partial charge < -0.3 is 16.0 Å². The Kier molecular flexibility index (Phi) is 6.87. The van der Waals surface area contributed by atoms with Gasteiger partial charge in [0.15, 0.2) is 0 Å². The van der Waals surface area contributed by atoms with Gasteiger partial charge in [-0.25, -0.2) is 13.8 Å². The van der Waals surface area contributed by atoms with Crippen molar-refractivity contribution in [3.05, 3.63) is 84.8 Å². The molecule has 0 aliphatic carbocycles. The first-order valence-electron chi connectivity index (χ1n) is 10.5. The van der Waals surface area contributed by atoms with E-state index in [1.807, 2.05) is 0 Å². The second-order valence-electron chi connectivity index (χ2n) is 7.70. The molecule has 0 bridgehead atoms. The van der Waals surface area contributed by atoms with Crippen LogP contribution in [0, 0.1) is 11.6 Å². The zero-order valence-corrected chi connectivity index (χ0v) is 19.1. The molecule has 0 saturated heterocycles. The molecule has 37 heavy (non-hydrogen) atoms. The second kappa shape index (κ2) is 10.0. The van der Waals surface area contributed by atoms with Crippen molar-refractivity contribution in [3.8, 4) is 11.1 Å². The lowest BCUT2D eigenvalue weighted by molar-refractivity contribution is -0.142. The summed E-state index contributed by atoms with van der Waals surface area (Å²) in [5.74, 6) is -3.91. The van der Waals surface area contributed by atoms with Gasteiger partial charge in [-0.3, -0.25) is 9.48 Å². The van der Waals surface area contributed by atoms with E-state index >= 15 is 0 Å². The highest BCUT2D eigenvalue weighted by Gasteiger charge is 2.38. The van der Waals surface area contributed by atoms with E-state index in [1.165, 1.54) is 17.1 Å². The molecule has 0 saturated carbocycles. The van der Waals surface area contributed by atoms with Gasteiger partial charge in [0.2, 0.25) is 11.9 Å². The van der Waals surface area contributed by atoms with E-state index in [1.54, 1.807) is 37.5 Å². The number of nitrogens with zero attached hydrogens (tertiary/aromatic N) is 4. The first kappa shape index (κ1) is 25.3. The van der Waals surface area contributed by atoms with Crippen LogP contribution in [0.15, 0.2) is 67.6 Å². The van der Waals surface area contributed by atoms with Gasteiger partial charge in [-0.15, -0.1) is 0 Å². The number of anilines is 5. The first-order chi connectivity index (χ1) is 17.5. The lowest BCUT2D eigenvalue weighted by Gasteiger charge is -2.15. The summed E-state index contributed by atoms with van der Waals surface area (Å²) in [5, 5.41) is 12.5. The maximum absolute atomic E-state index is 14.3. The Morgan fingerprint density at radius 3 is 2.35 bits per heavy atom. The molecule has 0 aliphatic rings. The van der Waals surface area contributed by atoms with Crippen molar-refractivity contribution >= 4 is 34.7 Å². The number of halogens is 5. The fraction of sp³-hybridized carbons (Fsp3) is 0.0833. The molecule has 0 atom stereocenters. The average Bonchev–Trinajstić information content (AvgIpc) is 3.22. The molecule has 13 heteroatoms. The minimum atomic E-state index is -5.21. The van der Waals surface area contributed by atoms with Crippen molar-refractivity contribution < 1.29 is 26.7 Å². The van der Waals surface area contributed by atoms with Gasteiger partial charge in [0.25, 0.3) is 0 Å². The van der Waals surface area contributed by atoms with E-state index in [0.29, 0.717) is 29.2 Å². The van der Waals surface area contributed by atoms with Gasteiger partial charge in [0, 0.05) is 36.4 Å². The van der Waals surface area contributed by atoms with Crippen LogP contribution in [0.5, 0.6) is 0 Å². The normalized spacial score (nSPS) is 11.2. The van der Waals surface area contributed by atoms with Crippen LogP contribution >= 0.6 is 0 Å². The summed E-state index contributed by atoms with van der Waals surface area (Å²) < 4.78 is 69.4. The third-order valence-corrected chi connectivity index (χ3v) is 4.96. The fourth-order valence-corrected chi connectivity index (χ4v) is 3.37. The van der Waals surface area contributed by atoms with E-state index < -0.39 is 29.3 Å². The van der Waals surface area contributed by atoms with Crippen LogP contribution in [0.1, 0.15) is 5.56 Å². The van der Waals surface area contributed by atoms with Crippen molar-refractivity contribution in [2.24, 2.45) is 7.05 Å². The topological polar surface area (TPSA) is 96.8 Å². The minimum absolute atomic E-state index is 0.0174. The third-order valence-electron chi connectivity index (χ3n) is 4.96. The van der Waals surface area contributed by atoms with Crippen molar-refractivity contribution in [1.82, 2.24) is 19.7 Å². The number of aryl methyl sites for hydroxylation is 1. The zero-order valence-electron chi connectivity index (χ0n) is 19.1. The van der Waals surface area contributed by atoms with Gasteiger partial charge in [-0.1, -0.05) is 12.6 Å². The predicted molar refractivity (Wildman–Crippen MR) is 127 cm³/mol. The molecule has 0 fully saturated rings. The molecule has 0 unspecified atom stereocenters. The molecule has 0 radical (unpaired) electrons. The lowest BCUT2D eigenvalue weighted by Crippen LogP contribution is -2.12. The first-order valence-corrected chi connectivity index (χ1v) is 10.5. The van der Waals surface area contributed by atoms with E-state index in [4.69, 9.17) is 0 Å². The van der Waals surface area contributed by atoms with Crippen molar-refractivity contribution in [1.29, 1.82) is 0 Å². The Morgan fingerprint density at radius 2 is 1.73 bits per heavy atom. The molecule has 4 aromatic rings. The van der Waals surface area contributed by atoms with Crippen LogP contribution in [-0.2, 0) is 18.0 Å². The van der Waals surface area contributed by atoms with Gasteiger partial charge in [0.1, 0.15) is 23.0 Å². The smallest absolute Gasteiger partial charge is 0.339 e. The van der Waals surface area contributed by atoms with Crippen molar-refractivity contribution in [2.45, 2.75) is 6.18 Å².